The number of hydrogen-bond acceptors (Lipinski definition) is 4. The molecule has 1 N–H and O–H groups in total. The van der Waals surface area contributed by atoms with E-state index in [0.717, 1.165) is 39.7 Å². The van der Waals surface area contributed by atoms with Gasteiger partial charge in [0.2, 0.25) is 0 Å². The highest BCUT2D eigenvalue weighted by Gasteiger charge is 2.15. The lowest BCUT2D eigenvalue weighted by Crippen LogP contribution is -1.96. The molecule has 0 unspecified atom stereocenters. The normalized spacial score (nSPS) is 10.9. The monoisotopic (exact) mass is 424 g/mol. The van der Waals surface area contributed by atoms with Gasteiger partial charge in [-0.1, -0.05) is 81.8 Å². The van der Waals surface area contributed by atoms with Gasteiger partial charge in [-0.15, -0.1) is 10.2 Å². The molecule has 3 heterocycles. The number of nitrogens with zero attached hydrogens (tertiary/aromatic N) is 4. The van der Waals surface area contributed by atoms with E-state index >= 15 is 0 Å². The molecular formula is C27H28N4O. The smallest absolute Gasteiger partial charge is 0.170 e. The Bertz CT molecular complexity index is 1330. The van der Waals surface area contributed by atoms with Gasteiger partial charge in [-0.05, 0) is 29.7 Å². The second-order valence-corrected chi connectivity index (χ2v) is 7.72. The molecule has 32 heavy (non-hydrogen) atoms. The fourth-order valence-corrected chi connectivity index (χ4v) is 3.71. The predicted octanol–water partition coefficient (Wildman–Crippen LogP) is 6.08. The molecule has 0 saturated carbocycles. The van der Waals surface area contributed by atoms with E-state index in [2.05, 4.69) is 73.4 Å². The Labute approximate surface area is 188 Å². The van der Waals surface area contributed by atoms with Crippen LogP contribution in [0.15, 0.2) is 72.9 Å². The van der Waals surface area contributed by atoms with E-state index in [9.17, 15) is 5.11 Å². The Morgan fingerprint density at radius 1 is 0.844 bits per heavy atom. The number of hydrogen-bond donors (Lipinski definition) is 1. The van der Waals surface area contributed by atoms with Gasteiger partial charge in [0.25, 0.3) is 0 Å². The summed E-state index contributed by atoms with van der Waals surface area (Å²) in [5.41, 5.74) is 7.02. The van der Waals surface area contributed by atoms with Crippen molar-refractivity contribution in [1.29, 1.82) is 0 Å². The van der Waals surface area contributed by atoms with E-state index in [1.54, 1.807) is 0 Å². The minimum absolute atomic E-state index is 0.159. The molecule has 0 aliphatic rings. The van der Waals surface area contributed by atoms with Crippen molar-refractivity contribution >= 4 is 16.6 Å². The SMILES string of the molecule is CCC.CCc1ccc(-c2nc3ccn4c(CO)nnc4c3cc2-c2ccccc2)cc1. The largest absolute Gasteiger partial charge is 0.388 e. The molecule has 5 heteroatoms. The molecule has 0 radical (unpaired) electrons. The maximum atomic E-state index is 9.53. The van der Waals surface area contributed by atoms with Crippen LogP contribution >= 0.6 is 0 Å². The standard InChI is InChI=1S/C24H20N4O.C3H8/c1-2-16-8-10-18(11-9-16)23-19(17-6-4-3-5-7-17)14-20-21(25-23)12-13-28-22(15-29)26-27-24(20)28;1-3-2/h3-14,29H,2,15H2,1H3;3H2,1-2H3. The number of rotatable bonds is 4. The summed E-state index contributed by atoms with van der Waals surface area (Å²) in [5, 5.41) is 18.8. The number of aliphatic hydroxyl groups excluding tert-OH is 1. The summed E-state index contributed by atoms with van der Waals surface area (Å²) in [6, 6.07) is 22.9. The molecular weight excluding hydrogens is 396 g/mol. The Morgan fingerprint density at radius 2 is 1.56 bits per heavy atom. The van der Waals surface area contributed by atoms with Crippen LogP contribution in [-0.4, -0.2) is 24.7 Å². The van der Waals surface area contributed by atoms with Crippen molar-refractivity contribution in [3.05, 3.63) is 84.3 Å². The van der Waals surface area contributed by atoms with E-state index in [1.165, 1.54) is 12.0 Å². The maximum Gasteiger partial charge on any atom is 0.170 e. The molecule has 2 aromatic carbocycles. The van der Waals surface area contributed by atoms with Gasteiger partial charge in [0.05, 0.1) is 11.2 Å². The Hall–Kier alpha value is -3.57. The van der Waals surface area contributed by atoms with Crippen molar-refractivity contribution < 1.29 is 5.11 Å². The van der Waals surface area contributed by atoms with Crippen LogP contribution in [0.1, 0.15) is 38.6 Å². The molecule has 162 valence electrons. The van der Waals surface area contributed by atoms with Crippen molar-refractivity contribution in [1.82, 2.24) is 19.6 Å². The van der Waals surface area contributed by atoms with Crippen molar-refractivity contribution in [2.45, 2.75) is 40.2 Å². The van der Waals surface area contributed by atoms with E-state index < -0.39 is 0 Å². The number of pyridine rings is 2. The van der Waals surface area contributed by atoms with Crippen LogP contribution in [0.25, 0.3) is 38.9 Å². The van der Waals surface area contributed by atoms with Crippen LogP contribution < -0.4 is 0 Å². The first-order chi connectivity index (χ1) is 15.7. The lowest BCUT2D eigenvalue weighted by molar-refractivity contribution is 0.270. The highest BCUT2D eigenvalue weighted by Crippen LogP contribution is 2.34. The van der Waals surface area contributed by atoms with E-state index in [0.29, 0.717) is 11.5 Å². The molecule has 0 amide bonds. The number of aryl methyl sites for hydroxylation is 1. The van der Waals surface area contributed by atoms with Gasteiger partial charge < -0.3 is 5.11 Å². The average Bonchev–Trinajstić information content (AvgIpc) is 3.28. The molecule has 3 aromatic heterocycles. The number of fused-ring (bicyclic) bond motifs is 3. The highest BCUT2D eigenvalue weighted by atomic mass is 16.3. The third-order valence-electron chi connectivity index (χ3n) is 5.30. The fraction of sp³-hybridized carbons (Fsp3) is 0.222. The molecule has 0 bridgehead atoms. The summed E-state index contributed by atoms with van der Waals surface area (Å²) in [4.78, 5) is 5.02. The van der Waals surface area contributed by atoms with Crippen LogP contribution in [0.5, 0.6) is 0 Å². The number of aromatic nitrogens is 4. The topological polar surface area (TPSA) is 63.3 Å². The maximum absolute atomic E-state index is 9.53. The first-order valence-electron chi connectivity index (χ1n) is 11.1. The molecule has 5 nitrogen and oxygen atoms in total. The Kier molecular flexibility index (Phi) is 6.57. The van der Waals surface area contributed by atoms with Crippen LogP contribution in [0, 0.1) is 0 Å². The van der Waals surface area contributed by atoms with Crippen molar-refractivity contribution in [3.63, 3.8) is 0 Å². The first kappa shape index (κ1) is 21.7. The fourth-order valence-electron chi connectivity index (χ4n) is 3.71. The number of aliphatic hydroxyl groups is 1. The first-order valence-corrected chi connectivity index (χ1v) is 11.1. The van der Waals surface area contributed by atoms with Crippen LogP contribution in [0.3, 0.4) is 0 Å². The summed E-state index contributed by atoms with van der Waals surface area (Å²) in [5.74, 6) is 0.516. The molecule has 5 aromatic rings. The molecule has 0 spiro atoms. The van der Waals surface area contributed by atoms with Gasteiger partial charge in [-0.2, -0.15) is 0 Å². The summed E-state index contributed by atoms with van der Waals surface area (Å²) < 4.78 is 1.81. The molecule has 0 aliphatic carbocycles. The van der Waals surface area contributed by atoms with Crippen LogP contribution in [0.2, 0.25) is 0 Å². The van der Waals surface area contributed by atoms with Crippen molar-refractivity contribution in [2.24, 2.45) is 0 Å². The third kappa shape index (κ3) is 4.12. The summed E-state index contributed by atoms with van der Waals surface area (Å²) in [6.07, 6.45) is 4.12. The molecule has 0 saturated heterocycles. The average molecular weight is 425 g/mol. The van der Waals surface area contributed by atoms with Crippen LogP contribution in [-0.2, 0) is 13.0 Å². The predicted molar refractivity (Wildman–Crippen MR) is 130 cm³/mol. The lowest BCUT2D eigenvalue weighted by Gasteiger charge is -2.12. The second-order valence-electron chi connectivity index (χ2n) is 7.72. The van der Waals surface area contributed by atoms with Crippen molar-refractivity contribution in [3.8, 4) is 22.4 Å². The van der Waals surface area contributed by atoms with Gasteiger partial charge in [0.1, 0.15) is 6.61 Å². The molecule has 5 rings (SSSR count). The van der Waals surface area contributed by atoms with Gasteiger partial charge in [-0.3, -0.25) is 4.40 Å². The summed E-state index contributed by atoms with van der Waals surface area (Å²) in [7, 11) is 0. The quantitative estimate of drug-likeness (QED) is 0.380. The van der Waals surface area contributed by atoms with E-state index in [4.69, 9.17) is 4.98 Å². The highest BCUT2D eigenvalue weighted by molar-refractivity contribution is 5.98. The molecule has 0 aliphatic heterocycles. The van der Waals surface area contributed by atoms with Gasteiger partial charge in [0.15, 0.2) is 11.5 Å². The minimum atomic E-state index is -0.159. The lowest BCUT2D eigenvalue weighted by atomic mass is 9.97. The number of benzene rings is 2. The zero-order valence-electron chi connectivity index (χ0n) is 18.8. The molecule has 0 atom stereocenters. The second kappa shape index (κ2) is 9.71. The minimum Gasteiger partial charge on any atom is -0.388 e. The van der Waals surface area contributed by atoms with Gasteiger partial charge >= 0.3 is 0 Å². The summed E-state index contributed by atoms with van der Waals surface area (Å²) >= 11 is 0. The van der Waals surface area contributed by atoms with Crippen LogP contribution in [0.4, 0.5) is 0 Å². The van der Waals surface area contributed by atoms with Gasteiger partial charge in [0, 0.05) is 22.7 Å². The molecule has 0 fully saturated rings. The van der Waals surface area contributed by atoms with Gasteiger partial charge in [-0.25, -0.2) is 4.98 Å². The zero-order valence-corrected chi connectivity index (χ0v) is 18.8. The Morgan fingerprint density at radius 3 is 2.22 bits per heavy atom. The zero-order chi connectivity index (χ0) is 22.5. The van der Waals surface area contributed by atoms with E-state index in [-0.39, 0.29) is 6.61 Å². The van der Waals surface area contributed by atoms with Crippen molar-refractivity contribution in [2.75, 3.05) is 0 Å². The third-order valence-corrected chi connectivity index (χ3v) is 5.30. The summed E-state index contributed by atoms with van der Waals surface area (Å²) in [6.45, 7) is 6.25. The Balaban J connectivity index is 0.000000775. The van der Waals surface area contributed by atoms with E-state index in [1.807, 2.05) is 34.9 Å².